The molecule has 0 spiro atoms. The van der Waals surface area contributed by atoms with Crippen LogP contribution in [-0.4, -0.2) is 16.1 Å². The summed E-state index contributed by atoms with van der Waals surface area (Å²) < 4.78 is 5.11. The largest absolute Gasteiger partial charge is 0.474 e. The maximum atomic E-state index is 10.6. The molecule has 0 fully saturated rings. The molecule has 5 heteroatoms. The number of benzene rings is 1. The van der Waals surface area contributed by atoms with Crippen molar-refractivity contribution in [3.05, 3.63) is 29.7 Å². The number of aromatic carboxylic acids is 1. The fourth-order valence-electron chi connectivity index (χ4n) is 1.20. The molecule has 0 aliphatic heterocycles. The summed E-state index contributed by atoms with van der Waals surface area (Å²) in [6, 6.07) is 5.39. The van der Waals surface area contributed by atoms with Crippen molar-refractivity contribution in [3.8, 4) is 0 Å². The Bertz CT molecular complexity index is 492. The molecule has 72 valence electrons. The van der Waals surface area contributed by atoms with Crippen molar-refractivity contribution in [2.45, 2.75) is 5.33 Å². The van der Waals surface area contributed by atoms with Crippen molar-refractivity contribution in [1.82, 2.24) is 4.98 Å². The molecule has 2 aromatic rings. The van der Waals surface area contributed by atoms with E-state index in [0.717, 1.165) is 5.56 Å². The van der Waals surface area contributed by atoms with E-state index in [1.165, 1.54) is 0 Å². The first-order chi connectivity index (χ1) is 6.72. The van der Waals surface area contributed by atoms with E-state index in [4.69, 9.17) is 9.52 Å². The first kappa shape index (κ1) is 9.21. The summed E-state index contributed by atoms with van der Waals surface area (Å²) in [6.07, 6.45) is 0. The minimum Gasteiger partial charge on any atom is -0.474 e. The highest BCUT2D eigenvalue weighted by atomic mass is 79.9. The molecule has 1 aromatic heterocycles. The molecular formula is C9H6BrNO3. The van der Waals surface area contributed by atoms with Gasteiger partial charge in [-0.05, 0) is 6.07 Å². The van der Waals surface area contributed by atoms with Crippen molar-refractivity contribution in [2.24, 2.45) is 0 Å². The fraction of sp³-hybridized carbons (Fsp3) is 0.111. The molecule has 0 aliphatic carbocycles. The van der Waals surface area contributed by atoms with E-state index in [1.54, 1.807) is 6.07 Å². The first-order valence-corrected chi connectivity index (χ1v) is 5.02. The van der Waals surface area contributed by atoms with Crippen LogP contribution in [0.25, 0.3) is 11.1 Å². The Kier molecular flexibility index (Phi) is 2.25. The molecule has 0 radical (unpaired) electrons. The van der Waals surface area contributed by atoms with E-state index >= 15 is 0 Å². The molecule has 14 heavy (non-hydrogen) atoms. The molecule has 0 bridgehead atoms. The predicted molar refractivity (Wildman–Crippen MR) is 53.6 cm³/mol. The van der Waals surface area contributed by atoms with Crippen LogP contribution in [0.4, 0.5) is 0 Å². The minimum absolute atomic E-state index is 0.270. The van der Waals surface area contributed by atoms with E-state index in [2.05, 4.69) is 20.9 Å². The lowest BCUT2D eigenvalue weighted by Gasteiger charge is -1.93. The van der Waals surface area contributed by atoms with E-state index in [0.29, 0.717) is 16.4 Å². The zero-order valence-corrected chi connectivity index (χ0v) is 8.61. The van der Waals surface area contributed by atoms with Crippen LogP contribution >= 0.6 is 15.9 Å². The summed E-state index contributed by atoms with van der Waals surface area (Å²) in [7, 11) is 0. The highest BCUT2D eigenvalue weighted by Crippen LogP contribution is 2.21. The third kappa shape index (κ3) is 1.39. The van der Waals surface area contributed by atoms with Crippen molar-refractivity contribution in [3.63, 3.8) is 0 Å². The summed E-state index contributed by atoms with van der Waals surface area (Å²) in [5.41, 5.74) is 1.99. The number of halogens is 1. The van der Waals surface area contributed by atoms with Crippen LogP contribution in [0.1, 0.15) is 16.2 Å². The number of nitrogens with zero attached hydrogens (tertiary/aromatic N) is 1. The number of carboxylic acid groups (broad SMARTS) is 1. The van der Waals surface area contributed by atoms with E-state index < -0.39 is 5.97 Å². The molecule has 2 rings (SSSR count). The SMILES string of the molecule is O=C(O)c1nc2cccc(CBr)c2o1. The Morgan fingerprint density at radius 2 is 2.36 bits per heavy atom. The summed E-state index contributed by atoms with van der Waals surface area (Å²) >= 11 is 3.29. The Morgan fingerprint density at radius 3 is 3.00 bits per heavy atom. The second-order valence-electron chi connectivity index (χ2n) is 2.72. The Balaban J connectivity index is 2.70. The Hall–Kier alpha value is -1.36. The van der Waals surface area contributed by atoms with Crippen LogP contribution < -0.4 is 0 Å². The molecule has 0 saturated heterocycles. The monoisotopic (exact) mass is 255 g/mol. The first-order valence-electron chi connectivity index (χ1n) is 3.90. The summed E-state index contributed by atoms with van der Waals surface area (Å²) in [6.45, 7) is 0. The van der Waals surface area contributed by atoms with Gasteiger partial charge in [-0.2, -0.15) is 0 Å². The lowest BCUT2D eigenvalue weighted by atomic mass is 10.2. The Morgan fingerprint density at radius 1 is 1.57 bits per heavy atom. The van der Waals surface area contributed by atoms with Crippen LogP contribution in [0.3, 0.4) is 0 Å². The number of oxazole rings is 1. The predicted octanol–water partition coefficient (Wildman–Crippen LogP) is 2.42. The second-order valence-corrected chi connectivity index (χ2v) is 3.28. The van der Waals surface area contributed by atoms with Crippen molar-refractivity contribution >= 4 is 33.0 Å². The summed E-state index contributed by atoms with van der Waals surface area (Å²) in [4.78, 5) is 14.4. The number of aromatic nitrogens is 1. The van der Waals surface area contributed by atoms with Crippen LogP contribution in [0, 0.1) is 0 Å². The van der Waals surface area contributed by atoms with Crippen LogP contribution in [0.2, 0.25) is 0 Å². The van der Waals surface area contributed by atoms with Gasteiger partial charge >= 0.3 is 11.9 Å². The van der Waals surface area contributed by atoms with E-state index in [-0.39, 0.29) is 5.89 Å². The number of rotatable bonds is 2. The highest BCUT2D eigenvalue weighted by molar-refractivity contribution is 9.08. The van der Waals surface area contributed by atoms with Gasteiger partial charge in [0, 0.05) is 10.9 Å². The van der Waals surface area contributed by atoms with Gasteiger partial charge in [0.2, 0.25) is 0 Å². The van der Waals surface area contributed by atoms with E-state index in [9.17, 15) is 4.79 Å². The topological polar surface area (TPSA) is 63.3 Å². The smallest absolute Gasteiger partial charge is 0.392 e. The van der Waals surface area contributed by atoms with Gasteiger partial charge in [0.05, 0.1) is 0 Å². The normalized spacial score (nSPS) is 10.6. The van der Waals surface area contributed by atoms with Gasteiger partial charge in [-0.3, -0.25) is 0 Å². The molecule has 1 heterocycles. The van der Waals surface area contributed by atoms with E-state index in [1.807, 2.05) is 12.1 Å². The molecule has 0 amide bonds. The van der Waals surface area contributed by atoms with Crippen molar-refractivity contribution in [2.75, 3.05) is 0 Å². The molecule has 0 unspecified atom stereocenters. The summed E-state index contributed by atoms with van der Waals surface area (Å²) in [5, 5.41) is 9.29. The lowest BCUT2D eigenvalue weighted by molar-refractivity contribution is 0.0656. The fourth-order valence-corrected chi connectivity index (χ4v) is 1.64. The van der Waals surface area contributed by atoms with Gasteiger partial charge in [0.1, 0.15) is 5.52 Å². The number of fused-ring (bicyclic) bond motifs is 1. The molecule has 0 atom stereocenters. The zero-order valence-electron chi connectivity index (χ0n) is 7.03. The number of hydrogen-bond acceptors (Lipinski definition) is 3. The third-order valence-corrected chi connectivity index (χ3v) is 2.43. The van der Waals surface area contributed by atoms with Crippen LogP contribution in [-0.2, 0) is 5.33 Å². The average molecular weight is 256 g/mol. The quantitative estimate of drug-likeness (QED) is 0.838. The van der Waals surface area contributed by atoms with Crippen LogP contribution in [0.5, 0.6) is 0 Å². The van der Waals surface area contributed by atoms with Gasteiger partial charge in [-0.1, -0.05) is 28.1 Å². The molecule has 4 nitrogen and oxygen atoms in total. The molecule has 1 N–H and O–H groups in total. The van der Waals surface area contributed by atoms with Crippen LogP contribution in [0.15, 0.2) is 22.6 Å². The zero-order chi connectivity index (χ0) is 10.1. The number of para-hydroxylation sites is 1. The van der Waals surface area contributed by atoms with Gasteiger partial charge < -0.3 is 9.52 Å². The highest BCUT2D eigenvalue weighted by Gasteiger charge is 2.14. The van der Waals surface area contributed by atoms with Gasteiger partial charge in [0.25, 0.3) is 0 Å². The molecule has 0 saturated carbocycles. The molecule has 0 aliphatic rings. The summed E-state index contributed by atoms with van der Waals surface area (Å²) in [5.74, 6) is -1.42. The number of hydrogen-bond donors (Lipinski definition) is 1. The minimum atomic E-state index is -1.15. The Labute approximate surface area is 87.7 Å². The number of carbonyl (C=O) groups is 1. The average Bonchev–Trinajstić information content (AvgIpc) is 2.60. The molecule has 1 aromatic carbocycles. The van der Waals surface area contributed by atoms with Crippen molar-refractivity contribution < 1.29 is 14.3 Å². The van der Waals surface area contributed by atoms with Gasteiger partial charge in [0.15, 0.2) is 5.58 Å². The maximum absolute atomic E-state index is 10.6. The second kappa shape index (κ2) is 3.42. The van der Waals surface area contributed by atoms with Gasteiger partial charge in [-0.15, -0.1) is 0 Å². The van der Waals surface area contributed by atoms with Crippen molar-refractivity contribution in [1.29, 1.82) is 0 Å². The van der Waals surface area contributed by atoms with Gasteiger partial charge in [-0.25, -0.2) is 9.78 Å². The number of alkyl halides is 1. The maximum Gasteiger partial charge on any atom is 0.392 e. The third-order valence-electron chi connectivity index (χ3n) is 1.82. The lowest BCUT2D eigenvalue weighted by Crippen LogP contribution is -1.94. The molecular weight excluding hydrogens is 250 g/mol. The standard InChI is InChI=1S/C9H6BrNO3/c10-4-5-2-1-3-6-7(5)14-8(11-6)9(12)13/h1-3H,4H2,(H,12,13). The number of carboxylic acids is 1.